The number of rotatable bonds is 6. The van der Waals surface area contributed by atoms with Crippen molar-refractivity contribution in [1.29, 1.82) is 0 Å². The smallest absolute Gasteiger partial charge is 0.289 e. The number of benzene rings is 4. The molecule has 6 rings (SSSR count). The minimum Gasteiger partial charge on any atom is -0.457 e. The van der Waals surface area contributed by atoms with Crippen molar-refractivity contribution in [3.05, 3.63) is 113 Å². The summed E-state index contributed by atoms with van der Waals surface area (Å²) in [4.78, 5) is 12.6. The van der Waals surface area contributed by atoms with Gasteiger partial charge in [-0.25, -0.2) is 5.43 Å². The van der Waals surface area contributed by atoms with Crippen LogP contribution in [0.25, 0.3) is 22.0 Å². The molecule has 1 amide bonds. The molecule has 0 fully saturated rings. The zero-order chi connectivity index (χ0) is 23.6. The van der Waals surface area contributed by atoms with Crippen LogP contribution in [0.2, 0.25) is 0 Å². The Balaban J connectivity index is 1.16. The molecule has 4 aromatic carbocycles. The van der Waals surface area contributed by atoms with Crippen LogP contribution in [-0.4, -0.2) is 22.3 Å². The molecule has 0 bridgehead atoms. The van der Waals surface area contributed by atoms with Gasteiger partial charge in [0.2, 0.25) is 0 Å². The first-order chi connectivity index (χ1) is 17.2. The quantitative estimate of drug-likeness (QED) is 0.246. The summed E-state index contributed by atoms with van der Waals surface area (Å²) in [6, 6.07) is 29.5. The third kappa shape index (κ3) is 4.17. The number of nitrogens with one attached hydrogen (secondary N) is 2. The highest BCUT2D eigenvalue weighted by atomic mass is 16.5. The van der Waals surface area contributed by atoms with E-state index in [1.54, 1.807) is 12.3 Å². The molecule has 6 heteroatoms. The molecule has 170 valence electrons. The summed E-state index contributed by atoms with van der Waals surface area (Å²) >= 11 is 0. The first-order valence-electron chi connectivity index (χ1n) is 11.5. The van der Waals surface area contributed by atoms with Crippen LogP contribution < -0.4 is 10.2 Å². The number of hydrogen-bond donors (Lipinski definition) is 2. The molecule has 0 atom stereocenters. The van der Waals surface area contributed by atoms with Crippen LogP contribution in [0.4, 0.5) is 0 Å². The van der Waals surface area contributed by atoms with Gasteiger partial charge in [0.25, 0.3) is 5.91 Å². The second kappa shape index (κ2) is 8.91. The fourth-order valence-corrected chi connectivity index (χ4v) is 4.55. The minimum absolute atomic E-state index is 0.349. The summed E-state index contributed by atoms with van der Waals surface area (Å²) in [5.74, 6) is 1.09. The molecule has 5 aromatic rings. The lowest BCUT2D eigenvalue weighted by molar-refractivity contribution is 0.0950. The maximum Gasteiger partial charge on any atom is 0.289 e. The van der Waals surface area contributed by atoms with Crippen LogP contribution in [0, 0.1) is 0 Å². The summed E-state index contributed by atoms with van der Waals surface area (Å²) in [7, 11) is 0. The summed E-state index contributed by atoms with van der Waals surface area (Å²) in [6.45, 7) is 0. The van der Waals surface area contributed by atoms with Gasteiger partial charge in [-0.05, 0) is 70.6 Å². The van der Waals surface area contributed by atoms with Crippen LogP contribution >= 0.6 is 0 Å². The average molecular weight is 459 g/mol. The van der Waals surface area contributed by atoms with Crippen molar-refractivity contribution in [2.45, 2.75) is 12.8 Å². The zero-order valence-electron chi connectivity index (χ0n) is 18.9. The van der Waals surface area contributed by atoms with Crippen molar-refractivity contribution in [3.8, 4) is 22.8 Å². The monoisotopic (exact) mass is 458 g/mol. The lowest BCUT2D eigenvalue weighted by atomic mass is 9.98. The summed E-state index contributed by atoms with van der Waals surface area (Å²) in [5, 5.41) is 13.8. The molecule has 0 unspecified atom stereocenters. The number of hydrazone groups is 1. The second-order valence-corrected chi connectivity index (χ2v) is 8.47. The van der Waals surface area contributed by atoms with E-state index in [4.69, 9.17) is 4.74 Å². The Morgan fingerprint density at radius 2 is 1.69 bits per heavy atom. The van der Waals surface area contributed by atoms with E-state index in [1.807, 2.05) is 54.6 Å². The van der Waals surface area contributed by atoms with E-state index in [1.165, 1.54) is 21.9 Å². The van der Waals surface area contributed by atoms with Crippen molar-refractivity contribution >= 4 is 22.9 Å². The number of para-hydroxylation sites is 1. The van der Waals surface area contributed by atoms with Crippen LogP contribution in [0.15, 0.2) is 96.1 Å². The lowest BCUT2D eigenvalue weighted by Crippen LogP contribution is -2.18. The molecule has 35 heavy (non-hydrogen) atoms. The molecule has 1 aromatic heterocycles. The molecule has 2 N–H and O–H groups in total. The zero-order valence-corrected chi connectivity index (χ0v) is 18.9. The summed E-state index contributed by atoms with van der Waals surface area (Å²) in [5.41, 5.74) is 8.22. The number of carbonyl (C=O) groups excluding carboxylic acids is 1. The number of hydrogen-bond acceptors (Lipinski definition) is 4. The van der Waals surface area contributed by atoms with Gasteiger partial charge in [-0.2, -0.15) is 10.2 Å². The highest BCUT2D eigenvalue weighted by Crippen LogP contribution is 2.36. The normalized spacial score (nSPS) is 12.3. The van der Waals surface area contributed by atoms with E-state index in [0.717, 1.165) is 35.4 Å². The number of ether oxygens (including phenoxy) is 1. The molecule has 1 heterocycles. The van der Waals surface area contributed by atoms with Gasteiger partial charge in [0, 0.05) is 5.56 Å². The molecular weight excluding hydrogens is 436 g/mol. The van der Waals surface area contributed by atoms with Gasteiger partial charge in [0.1, 0.15) is 17.2 Å². The highest BCUT2D eigenvalue weighted by molar-refractivity contribution is 6.02. The Bertz CT molecular complexity index is 1560. The topological polar surface area (TPSA) is 79.4 Å². The molecule has 0 spiro atoms. The molecule has 6 nitrogen and oxygen atoms in total. The lowest BCUT2D eigenvalue weighted by Gasteiger charge is -2.06. The number of aryl methyl sites for hydroxylation is 2. The number of nitrogens with zero attached hydrogens (tertiary/aromatic N) is 2. The number of aromatic nitrogens is 2. The molecule has 0 radical (unpaired) electrons. The second-order valence-electron chi connectivity index (χ2n) is 8.47. The van der Waals surface area contributed by atoms with Crippen molar-refractivity contribution < 1.29 is 9.53 Å². The number of carbonyl (C=O) groups is 1. The first-order valence-corrected chi connectivity index (χ1v) is 11.5. The largest absolute Gasteiger partial charge is 0.457 e. The van der Waals surface area contributed by atoms with Crippen molar-refractivity contribution in [1.82, 2.24) is 15.6 Å². The average Bonchev–Trinajstić information content (AvgIpc) is 3.54. The number of H-pyrrole nitrogens is 1. The minimum atomic E-state index is -0.359. The molecule has 0 saturated heterocycles. The standard InChI is InChI=1S/C29H22N4O2/c34-29(33-30-18-19-6-4-10-23(16-19)35-22-8-2-1-3-9-22)27-17-26(31-32-27)24-15-14-21-13-12-20-7-5-11-25(24)28(20)21/h1-11,14-18H,12-13H2,(H,31,32)(H,33,34)/b30-18+. The maximum atomic E-state index is 12.6. The van der Waals surface area contributed by atoms with Crippen LogP contribution in [0.3, 0.4) is 0 Å². The highest BCUT2D eigenvalue weighted by Gasteiger charge is 2.18. The Hall–Kier alpha value is -4.71. The first kappa shape index (κ1) is 20.9. The predicted molar refractivity (Wildman–Crippen MR) is 137 cm³/mol. The van der Waals surface area contributed by atoms with E-state index in [0.29, 0.717) is 11.4 Å². The van der Waals surface area contributed by atoms with E-state index < -0.39 is 0 Å². The van der Waals surface area contributed by atoms with E-state index in [-0.39, 0.29) is 5.91 Å². The number of aromatic amines is 1. The number of amides is 1. The SMILES string of the molecule is O=C(N/N=C/c1cccc(Oc2ccccc2)c1)c1cc(-c2ccc3c4c(cccc24)CC3)n[nH]1. The Labute approximate surface area is 202 Å². The van der Waals surface area contributed by atoms with E-state index in [2.05, 4.69) is 51.1 Å². The Kier molecular flexibility index (Phi) is 5.31. The van der Waals surface area contributed by atoms with Gasteiger partial charge in [-0.15, -0.1) is 0 Å². The van der Waals surface area contributed by atoms with Gasteiger partial charge >= 0.3 is 0 Å². The summed E-state index contributed by atoms with van der Waals surface area (Å²) < 4.78 is 5.85. The van der Waals surface area contributed by atoms with Crippen LogP contribution in [0.1, 0.15) is 27.2 Å². The van der Waals surface area contributed by atoms with Crippen molar-refractivity contribution in [2.24, 2.45) is 5.10 Å². The van der Waals surface area contributed by atoms with Crippen LogP contribution in [0.5, 0.6) is 11.5 Å². The molecule has 1 aliphatic carbocycles. The fourth-order valence-electron chi connectivity index (χ4n) is 4.55. The summed E-state index contributed by atoms with van der Waals surface area (Å²) in [6.07, 6.45) is 3.73. The van der Waals surface area contributed by atoms with Crippen molar-refractivity contribution in [3.63, 3.8) is 0 Å². The molecule has 0 aliphatic heterocycles. The van der Waals surface area contributed by atoms with Gasteiger partial charge in [0.05, 0.1) is 11.9 Å². The van der Waals surface area contributed by atoms with Gasteiger partial charge in [-0.3, -0.25) is 9.89 Å². The molecule has 0 saturated carbocycles. The van der Waals surface area contributed by atoms with Gasteiger partial charge in [-0.1, -0.05) is 60.7 Å². The third-order valence-electron chi connectivity index (χ3n) is 6.19. The Morgan fingerprint density at radius 3 is 2.57 bits per heavy atom. The maximum absolute atomic E-state index is 12.6. The fraction of sp³-hybridized carbons (Fsp3) is 0.0690. The van der Waals surface area contributed by atoms with Crippen molar-refractivity contribution in [2.75, 3.05) is 0 Å². The van der Waals surface area contributed by atoms with E-state index >= 15 is 0 Å². The third-order valence-corrected chi connectivity index (χ3v) is 6.19. The van der Waals surface area contributed by atoms with Crippen LogP contribution in [-0.2, 0) is 12.8 Å². The molecule has 1 aliphatic rings. The van der Waals surface area contributed by atoms with E-state index in [9.17, 15) is 4.79 Å². The van der Waals surface area contributed by atoms with Gasteiger partial charge < -0.3 is 4.74 Å². The van der Waals surface area contributed by atoms with Gasteiger partial charge in [0.15, 0.2) is 0 Å². The predicted octanol–water partition coefficient (Wildman–Crippen LogP) is 5.88. The Morgan fingerprint density at radius 1 is 0.886 bits per heavy atom. The molecular formula is C29H22N4O2.